The van der Waals surface area contributed by atoms with Crippen LogP contribution in [0.4, 0.5) is 4.39 Å². The predicted molar refractivity (Wildman–Crippen MR) is 121 cm³/mol. The van der Waals surface area contributed by atoms with E-state index in [9.17, 15) is 9.18 Å². The smallest absolute Gasteiger partial charge is 0.279 e. The first-order valence-electron chi connectivity index (χ1n) is 10.2. The first-order valence-corrected chi connectivity index (χ1v) is 10.2. The van der Waals surface area contributed by atoms with Crippen LogP contribution >= 0.6 is 0 Å². The van der Waals surface area contributed by atoms with Crippen molar-refractivity contribution in [2.75, 3.05) is 7.11 Å². The normalized spacial score (nSPS) is 15.9. The quantitative estimate of drug-likeness (QED) is 0.596. The number of amides is 1. The molecule has 1 aliphatic rings. The summed E-state index contributed by atoms with van der Waals surface area (Å²) in [6.07, 6.45) is 5.90. The molecule has 0 saturated heterocycles. The highest BCUT2D eigenvalue weighted by atomic mass is 19.1. The molecule has 0 saturated carbocycles. The van der Waals surface area contributed by atoms with Gasteiger partial charge in [0.05, 0.1) is 30.9 Å². The van der Waals surface area contributed by atoms with Crippen molar-refractivity contribution >= 4 is 17.9 Å². The van der Waals surface area contributed by atoms with E-state index >= 15 is 0 Å². The highest BCUT2D eigenvalue weighted by molar-refractivity contribution is 6.13. The Kier molecular flexibility index (Phi) is 5.77. The van der Waals surface area contributed by atoms with Crippen LogP contribution in [0, 0.1) is 12.7 Å². The first kappa shape index (κ1) is 21.3. The van der Waals surface area contributed by atoms with Crippen LogP contribution in [-0.2, 0) is 4.79 Å². The van der Waals surface area contributed by atoms with E-state index in [1.807, 2.05) is 42.8 Å². The number of aromatic nitrogens is 2. The Morgan fingerprint density at radius 1 is 1.22 bits per heavy atom. The van der Waals surface area contributed by atoms with Crippen LogP contribution in [-0.4, -0.2) is 33.4 Å². The van der Waals surface area contributed by atoms with E-state index in [1.165, 1.54) is 17.0 Å². The van der Waals surface area contributed by atoms with Crippen LogP contribution < -0.4 is 10.5 Å². The van der Waals surface area contributed by atoms with Gasteiger partial charge in [0.2, 0.25) is 5.96 Å². The zero-order valence-electron chi connectivity index (χ0n) is 18.1. The van der Waals surface area contributed by atoms with Crippen LogP contribution in [0.2, 0.25) is 0 Å². The summed E-state index contributed by atoms with van der Waals surface area (Å²) in [7, 11) is 1.59. The van der Waals surface area contributed by atoms with E-state index in [4.69, 9.17) is 10.5 Å². The molecule has 32 heavy (non-hydrogen) atoms. The number of guanidine groups is 1. The first-order chi connectivity index (χ1) is 15.4. The molecule has 0 aliphatic carbocycles. The minimum Gasteiger partial charge on any atom is -0.495 e. The summed E-state index contributed by atoms with van der Waals surface area (Å²) in [5.41, 5.74) is 9.63. The fraction of sp³-hybridized carbons (Fsp3) is 0.208. The van der Waals surface area contributed by atoms with Gasteiger partial charge in [0, 0.05) is 6.20 Å². The van der Waals surface area contributed by atoms with Gasteiger partial charge in [-0.2, -0.15) is 0 Å². The van der Waals surface area contributed by atoms with Gasteiger partial charge in [-0.15, -0.1) is 0 Å². The maximum absolute atomic E-state index is 13.3. The SMILES string of the molecule is CC[C@@H](c1ccc(F)cc1)N1C(=O)/C(=C/c2ccc(-n3cnc(C)c3)c(OC)c2)N=C1N. The van der Waals surface area contributed by atoms with Crippen molar-refractivity contribution in [1.82, 2.24) is 14.5 Å². The molecule has 1 atom stereocenters. The molecule has 3 aromatic rings. The molecule has 1 amide bonds. The highest BCUT2D eigenvalue weighted by Crippen LogP contribution is 2.31. The number of ether oxygens (including phenoxy) is 1. The molecule has 7 nitrogen and oxygen atoms in total. The van der Waals surface area contributed by atoms with E-state index in [0.29, 0.717) is 12.2 Å². The Morgan fingerprint density at radius 3 is 2.59 bits per heavy atom. The molecular weight excluding hydrogens is 409 g/mol. The van der Waals surface area contributed by atoms with Crippen LogP contribution in [0.3, 0.4) is 0 Å². The number of hydrogen-bond acceptors (Lipinski definition) is 5. The molecule has 164 valence electrons. The Balaban J connectivity index is 1.64. The molecule has 2 aromatic carbocycles. The molecule has 2 heterocycles. The summed E-state index contributed by atoms with van der Waals surface area (Å²) in [6, 6.07) is 11.3. The Bertz CT molecular complexity index is 1210. The summed E-state index contributed by atoms with van der Waals surface area (Å²) in [5, 5.41) is 0. The molecule has 8 heteroatoms. The Hall–Kier alpha value is -3.94. The molecule has 0 bridgehead atoms. The van der Waals surface area contributed by atoms with Gasteiger partial charge < -0.3 is 15.0 Å². The number of halogens is 1. The van der Waals surface area contributed by atoms with Gasteiger partial charge in [0.25, 0.3) is 5.91 Å². The highest BCUT2D eigenvalue weighted by Gasteiger charge is 2.34. The van der Waals surface area contributed by atoms with Crippen molar-refractivity contribution in [3.63, 3.8) is 0 Å². The van der Waals surface area contributed by atoms with Gasteiger partial charge >= 0.3 is 0 Å². The fourth-order valence-corrected chi connectivity index (χ4v) is 3.81. The van der Waals surface area contributed by atoms with Gasteiger partial charge in [0.15, 0.2) is 0 Å². The third kappa shape index (κ3) is 3.99. The van der Waals surface area contributed by atoms with E-state index < -0.39 is 0 Å². The van der Waals surface area contributed by atoms with Crippen molar-refractivity contribution in [3.05, 3.63) is 83.3 Å². The van der Waals surface area contributed by atoms with Gasteiger partial charge in [-0.25, -0.2) is 14.4 Å². The zero-order chi connectivity index (χ0) is 22.8. The van der Waals surface area contributed by atoms with Crippen molar-refractivity contribution in [2.24, 2.45) is 10.7 Å². The summed E-state index contributed by atoms with van der Waals surface area (Å²) in [5.74, 6) is 0.123. The number of carbonyl (C=O) groups excluding carboxylic acids is 1. The van der Waals surface area contributed by atoms with Crippen molar-refractivity contribution in [2.45, 2.75) is 26.3 Å². The molecule has 4 rings (SSSR count). The maximum Gasteiger partial charge on any atom is 0.279 e. The second-order valence-corrected chi connectivity index (χ2v) is 7.50. The number of carbonyl (C=O) groups is 1. The summed E-state index contributed by atoms with van der Waals surface area (Å²) in [6.45, 7) is 3.86. The lowest BCUT2D eigenvalue weighted by Crippen LogP contribution is -2.40. The fourth-order valence-electron chi connectivity index (χ4n) is 3.81. The Morgan fingerprint density at radius 2 is 1.97 bits per heavy atom. The number of nitrogens with zero attached hydrogens (tertiary/aromatic N) is 4. The van der Waals surface area contributed by atoms with E-state index in [1.54, 1.807) is 31.6 Å². The molecular formula is C24H24FN5O2. The van der Waals surface area contributed by atoms with Crippen molar-refractivity contribution < 1.29 is 13.9 Å². The largest absolute Gasteiger partial charge is 0.495 e. The molecule has 0 unspecified atom stereocenters. The van der Waals surface area contributed by atoms with Crippen LogP contribution in [0.5, 0.6) is 5.75 Å². The lowest BCUT2D eigenvalue weighted by atomic mass is 10.0. The van der Waals surface area contributed by atoms with E-state index in [0.717, 1.165) is 22.5 Å². The number of aliphatic imine (C=N–C) groups is 1. The second-order valence-electron chi connectivity index (χ2n) is 7.50. The third-order valence-electron chi connectivity index (χ3n) is 5.37. The van der Waals surface area contributed by atoms with Crippen LogP contribution in [0.25, 0.3) is 11.8 Å². The van der Waals surface area contributed by atoms with Crippen molar-refractivity contribution in [3.8, 4) is 11.4 Å². The molecule has 2 N–H and O–H groups in total. The molecule has 0 fully saturated rings. The Labute approximate surface area is 185 Å². The molecule has 1 aromatic heterocycles. The topological polar surface area (TPSA) is 85.7 Å². The number of aryl methyl sites for hydroxylation is 1. The molecule has 1 aliphatic heterocycles. The van der Waals surface area contributed by atoms with Gasteiger partial charge in [-0.05, 0) is 54.8 Å². The van der Waals surface area contributed by atoms with Gasteiger partial charge in [0.1, 0.15) is 17.3 Å². The van der Waals surface area contributed by atoms with Crippen LogP contribution in [0.15, 0.2) is 65.7 Å². The van der Waals surface area contributed by atoms with Gasteiger partial charge in [-0.3, -0.25) is 9.69 Å². The monoisotopic (exact) mass is 433 g/mol. The lowest BCUT2D eigenvalue weighted by Gasteiger charge is -2.26. The average molecular weight is 433 g/mol. The maximum atomic E-state index is 13.3. The number of rotatable bonds is 6. The summed E-state index contributed by atoms with van der Waals surface area (Å²) < 4.78 is 20.8. The number of methoxy groups -OCH3 is 1. The number of hydrogen-bond donors (Lipinski definition) is 1. The number of benzene rings is 2. The zero-order valence-corrected chi connectivity index (χ0v) is 18.1. The average Bonchev–Trinajstić information content (AvgIpc) is 3.33. The van der Waals surface area contributed by atoms with Crippen molar-refractivity contribution in [1.29, 1.82) is 0 Å². The summed E-state index contributed by atoms with van der Waals surface area (Å²) in [4.78, 5) is 23.2. The van der Waals surface area contributed by atoms with Crippen LogP contribution in [0.1, 0.15) is 36.2 Å². The minimum absolute atomic E-state index is 0.120. The lowest BCUT2D eigenvalue weighted by molar-refractivity contribution is -0.124. The van der Waals surface area contributed by atoms with E-state index in [-0.39, 0.29) is 29.4 Å². The predicted octanol–water partition coefficient (Wildman–Crippen LogP) is 3.98. The number of nitrogens with two attached hydrogens (primary N) is 1. The standard InChI is InChI=1S/C24H24FN5O2/c1-4-20(17-6-8-18(25)9-7-17)30-23(31)19(28-24(30)26)11-16-5-10-21(22(12-16)32-3)29-13-15(2)27-14-29/h5-14,20H,4H2,1-3H3,(H2,26,28)/b19-11-/t20-/m0/s1. The number of imidazole rings is 1. The molecule has 0 spiro atoms. The van der Waals surface area contributed by atoms with Gasteiger partial charge in [-0.1, -0.05) is 25.1 Å². The summed E-state index contributed by atoms with van der Waals surface area (Å²) >= 11 is 0. The second kappa shape index (κ2) is 8.66. The minimum atomic E-state index is -0.334. The third-order valence-corrected chi connectivity index (χ3v) is 5.37. The van der Waals surface area contributed by atoms with E-state index in [2.05, 4.69) is 9.98 Å². The molecule has 0 radical (unpaired) electrons.